The second kappa shape index (κ2) is 5.41. The largest absolute Gasteiger partial charge is 0.206 e. The zero-order valence-corrected chi connectivity index (χ0v) is 12.5. The Morgan fingerprint density at radius 2 is 1.67 bits per heavy atom. The average Bonchev–Trinajstić information content (AvgIpc) is 2.35. The fraction of sp³-hybridized carbons (Fsp3) is 0.200. The van der Waals surface area contributed by atoms with Crippen LogP contribution in [-0.4, -0.2) is 0 Å². The van der Waals surface area contributed by atoms with Crippen LogP contribution in [0, 0.1) is 19.7 Å². The number of benzene rings is 2. The summed E-state index contributed by atoms with van der Waals surface area (Å²) in [5, 5.41) is -0.279. The number of aryl methyl sites for hydroxylation is 2. The van der Waals surface area contributed by atoms with Crippen LogP contribution in [0.2, 0.25) is 0 Å². The Morgan fingerprint density at radius 1 is 1.11 bits per heavy atom. The Bertz CT molecular complexity index is 557. The molecule has 94 valence electrons. The van der Waals surface area contributed by atoms with Crippen LogP contribution < -0.4 is 0 Å². The van der Waals surface area contributed by atoms with E-state index in [2.05, 4.69) is 15.9 Å². The summed E-state index contributed by atoms with van der Waals surface area (Å²) in [5.41, 5.74) is 3.16. The zero-order chi connectivity index (χ0) is 13.3. The molecule has 0 saturated heterocycles. The Balaban J connectivity index is 2.47. The highest BCUT2D eigenvalue weighted by molar-refractivity contribution is 9.10. The average molecular weight is 328 g/mol. The lowest BCUT2D eigenvalue weighted by Crippen LogP contribution is -1.98. The van der Waals surface area contributed by atoms with Crippen LogP contribution in [0.15, 0.2) is 40.9 Å². The molecule has 0 heterocycles. The molecule has 0 fully saturated rings. The molecule has 0 N–H and O–H groups in total. The zero-order valence-electron chi connectivity index (χ0n) is 10.2. The predicted octanol–water partition coefficient (Wildman–Crippen LogP) is 5.53. The van der Waals surface area contributed by atoms with E-state index in [1.807, 2.05) is 24.3 Å². The quantitative estimate of drug-likeness (QED) is 0.636. The van der Waals surface area contributed by atoms with Gasteiger partial charge in [0.2, 0.25) is 0 Å². The van der Waals surface area contributed by atoms with Crippen molar-refractivity contribution in [2.75, 3.05) is 0 Å². The molecule has 0 amide bonds. The molecular formula is C15H13BrClF. The molecule has 0 aliphatic carbocycles. The molecule has 0 spiro atoms. The summed E-state index contributed by atoms with van der Waals surface area (Å²) in [6.07, 6.45) is 0. The van der Waals surface area contributed by atoms with Gasteiger partial charge in [-0.25, -0.2) is 4.39 Å². The topological polar surface area (TPSA) is 0 Å². The minimum atomic E-state index is -0.279. The fourth-order valence-corrected chi connectivity index (χ4v) is 2.95. The third-order valence-electron chi connectivity index (χ3n) is 2.93. The number of hydrogen-bond donors (Lipinski definition) is 0. The number of alkyl halides is 1. The molecule has 0 aliphatic rings. The molecule has 2 rings (SSSR count). The first kappa shape index (κ1) is 13.6. The highest BCUT2D eigenvalue weighted by Crippen LogP contribution is 2.34. The first-order valence-corrected chi connectivity index (χ1v) is 6.89. The van der Waals surface area contributed by atoms with Gasteiger partial charge < -0.3 is 0 Å². The SMILES string of the molecule is Cc1cc(C(Cl)c2ccccc2Br)cc(C)c1F. The van der Waals surface area contributed by atoms with Crippen molar-refractivity contribution in [2.24, 2.45) is 0 Å². The lowest BCUT2D eigenvalue weighted by atomic mass is 10.00. The maximum absolute atomic E-state index is 13.6. The molecule has 0 aromatic heterocycles. The Kier molecular flexibility index (Phi) is 4.08. The van der Waals surface area contributed by atoms with Gasteiger partial charge in [-0.3, -0.25) is 0 Å². The van der Waals surface area contributed by atoms with E-state index >= 15 is 0 Å². The maximum atomic E-state index is 13.6. The number of halogens is 3. The summed E-state index contributed by atoms with van der Waals surface area (Å²) in [6.45, 7) is 3.52. The van der Waals surface area contributed by atoms with Gasteiger partial charge in [-0.2, -0.15) is 0 Å². The van der Waals surface area contributed by atoms with Crippen LogP contribution in [0.3, 0.4) is 0 Å². The van der Waals surface area contributed by atoms with E-state index < -0.39 is 0 Å². The molecule has 2 aromatic carbocycles. The van der Waals surface area contributed by atoms with E-state index in [9.17, 15) is 4.39 Å². The van der Waals surface area contributed by atoms with Gasteiger partial charge >= 0.3 is 0 Å². The van der Waals surface area contributed by atoms with Crippen molar-refractivity contribution in [3.8, 4) is 0 Å². The Morgan fingerprint density at radius 3 is 2.22 bits per heavy atom. The Labute approximate surface area is 120 Å². The van der Waals surface area contributed by atoms with Gasteiger partial charge in [0.15, 0.2) is 0 Å². The highest BCUT2D eigenvalue weighted by Gasteiger charge is 2.15. The molecule has 0 saturated carbocycles. The van der Waals surface area contributed by atoms with Crippen molar-refractivity contribution in [1.29, 1.82) is 0 Å². The monoisotopic (exact) mass is 326 g/mol. The van der Waals surface area contributed by atoms with E-state index in [0.29, 0.717) is 11.1 Å². The summed E-state index contributed by atoms with van der Waals surface area (Å²) in [6, 6.07) is 11.4. The predicted molar refractivity (Wildman–Crippen MR) is 77.7 cm³/mol. The smallest absolute Gasteiger partial charge is 0.129 e. The maximum Gasteiger partial charge on any atom is 0.129 e. The van der Waals surface area contributed by atoms with E-state index in [4.69, 9.17) is 11.6 Å². The van der Waals surface area contributed by atoms with Crippen molar-refractivity contribution >= 4 is 27.5 Å². The van der Waals surface area contributed by atoms with Crippen molar-refractivity contribution in [3.63, 3.8) is 0 Å². The normalized spacial score (nSPS) is 12.5. The van der Waals surface area contributed by atoms with E-state index in [1.165, 1.54) is 0 Å². The van der Waals surface area contributed by atoms with Crippen molar-refractivity contribution in [1.82, 2.24) is 0 Å². The minimum Gasteiger partial charge on any atom is -0.206 e. The van der Waals surface area contributed by atoms with Crippen LogP contribution in [-0.2, 0) is 0 Å². The van der Waals surface area contributed by atoms with Gasteiger partial charge in [-0.1, -0.05) is 46.3 Å². The third-order valence-corrected chi connectivity index (χ3v) is 4.14. The van der Waals surface area contributed by atoms with Gasteiger partial charge in [0.25, 0.3) is 0 Å². The van der Waals surface area contributed by atoms with Gasteiger partial charge in [0.05, 0.1) is 5.38 Å². The first-order chi connectivity index (χ1) is 8.50. The van der Waals surface area contributed by atoms with Gasteiger partial charge in [-0.15, -0.1) is 11.6 Å². The molecule has 3 heteroatoms. The standard InChI is InChI=1S/C15H13BrClF/c1-9-7-11(8-10(2)15(9)18)14(17)12-5-3-4-6-13(12)16/h3-8,14H,1-2H3. The van der Waals surface area contributed by atoms with Crippen LogP contribution in [0.25, 0.3) is 0 Å². The molecule has 0 bridgehead atoms. The highest BCUT2D eigenvalue weighted by atomic mass is 79.9. The van der Waals surface area contributed by atoms with Crippen LogP contribution >= 0.6 is 27.5 Å². The number of hydrogen-bond acceptors (Lipinski definition) is 0. The van der Waals surface area contributed by atoms with Crippen LogP contribution in [0.5, 0.6) is 0 Å². The summed E-state index contributed by atoms with van der Waals surface area (Å²) in [5.74, 6) is -0.158. The van der Waals surface area contributed by atoms with E-state index in [1.54, 1.807) is 26.0 Å². The molecule has 0 nitrogen and oxygen atoms in total. The van der Waals surface area contributed by atoms with Gasteiger partial charge in [0, 0.05) is 4.47 Å². The first-order valence-electron chi connectivity index (χ1n) is 5.66. The summed E-state index contributed by atoms with van der Waals surface area (Å²) in [4.78, 5) is 0. The number of rotatable bonds is 2. The Hall–Kier alpha value is -0.860. The molecular weight excluding hydrogens is 315 g/mol. The molecule has 0 aliphatic heterocycles. The minimum absolute atomic E-state index is 0.158. The summed E-state index contributed by atoms with van der Waals surface area (Å²) >= 11 is 9.97. The summed E-state index contributed by atoms with van der Waals surface area (Å²) < 4.78 is 14.6. The van der Waals surface area contributed by atoms with Crippen LogP contribution in [0.4, 0.5) is 4.39 Å². The molecule has 18 heavy (non-hydrogen) atoms. The molecule has 2 aromatic rings. The molecule has 0 radical (unpaired) electrons. The van der Waals surface area contributed by atoms with Crippen molar-refractivity contribution in [2.45, 2.75) is 19.2 Å². The molecule has 1 atom stereocenters. The van der Waals surface area contributed by atoms with Crippen LogP contribution in [0.1, 0.15) is 27.6 Å². The second-order valence-electron chi connectivity index (χ2n) is 4.35. The second-order valence-corrected chi connectivity index (χ2v) is 5.64. The van der Waals surface area contributed by atoms with Gasteiger partial charge in [0.1, 0.15) is 5.82 Å². The van der Waals surface area contributed by atoms with Crippen molar-refractivity contribution < 1.29 is 4.39 Å². The fourth-order valence-electron chi connectivity index (χ4n) is 1.99. The third kappa shape index (κ3) is 2.60. The summed E-state index contributed by atoms with van der Waals surface area (Å²) in [7, 11) is 0. The lowest BCUT2D eigenvalue weighted by molar-refractivity contribution is 0.608. The molecule has 1 unspecified atom stereocenters. The van der Waals surface area contributed by atoms with E-state index in [0.717, 1.165) is 15.6 Å². The van der Waals surface area contributed by atoms with E-state index in [-0.39, 0.29) is 11.2 Å². The van der Waals surface area contributed by atoms with Crippen molar-refractivity contribution in [3.05, 3.63) is 68.9 Å². The lowest BCUT2D eigenvalue weighted by Gasteiger charge is -2.14. The van der Waals surface area contributed by atoms with Gasteiger partial charge in [-0.05, 0) is 42.2 Å².